The van der Waals surface area contributed by atoms with Gasteiger partial charge in [-0.3, -0.25) is 9.59 Å². The minimum atomic E-state index is -0.244. The lowest BCUT2D eigenvalue weighted by Crippen LogP contribution is -2.12. The van der Waals surface area contributed by atoms with Crippen molar-refractivity contribution >= 4 is 34.6 Å². The summed E-state index contributed by atoms with van der Waals surface area (Å²) >= 11 is 0. The minimum absolute atomic E-state index is 0.244. The first-order valence-corrected chi connectivity index (χ1v) is 10.2. The van der Waals surface area contributed by atoms with Crippen LogP contribution < -0.4 is 26.8 Å². The fourth-order valence-corrected chi connectivity index (χ4v) is 3.12. The largest absolute Gasteiger partial charge is 0.457 e. The van der Waals surface area contributed by atoms with Gasteiger partial charge in [-0.05, 0) is 84.9 Å². The van der Waals surface area contributed by atoms with Crippen molar-refractivity contribution in [2.75, 3.05) is 22.1 Å². The zero-order chi connectivity index (χ0) is 23.2. The second kappa shape index (κ2) is 9.57. The van der Waals surface area contributed by atoms with Gasteiger partial charge in [0.15, 0.2) is 0 Å². The van der Waals surface area contributed by atoms with Crippen LogP contribution >= 0.6 is 0 Å². The molecule has 0 bridgehead atoms. The molecule has 0 aromatic heterocycles. The van der Waals surface area contributed by atoms with Crippen molar-refractivity contribution < 1.29 is 14.3 Å². The topological polar surface area (TPSA) is 119 Å². The van der Waals surface area contributed by atoms with Crippen LogP contribution in [0.1, 0.15) is 20.7 Å². The number of carbonyl (C=O) groups excluding carboxylic acids is 2. The van der Waals surface area contributed by atoms with E-state index in [4.69, 9.17) is 16.2 Å². The van der Waals surface area contributed by atoms with Gasteiger partial charge in [0.05, 0.1) is 0 Å². The third kappa shape index (κ3) is 5.68. The Morgan fingerprint density at radius 1 is 0.576 bits per heavy atom. The number of nitrogens with two attached hydrogens (primary N) is 2. The van der Waals surface area contributed by atoms with E-state index in [9.17, 15) is 9.59 Å². The lowest BCUT2D eigenvalue weighted by Gasteiger charge is -2.10. The Morgan fingerprint density at radius 3 is 1.33 bits per heavy atom. The number of ether oxygens (including phenoxy) is 1. The molecule has 4 aromatic rings. The first kappa shape index (κ1) is 21.5. The highest BCUT2D eigenvalue weighted by molar-refractivity contribution is 6.05. The maximum absolute atomic E-state index is 12.3. The molecule has 0 aliphatic rings. The highest BCUT2D eigenvalue weighted by Gasteiger charge is 2.08. The van der Waals surface area contributed by atoms with E-state index in [-0.39, 0.29) is 11.8 Å². The summed E-state index contributed by atoms with van der Waals surface area (Å²) < 4.78 is 5.84. The van der Waals surface area contributed by atoms with E-state index < -0.39 is 0 Å². The van der Waals surface area contributed by atoms with Crippen molar-refractivity contribution in [3.05, 3.63) is 108 Å². The summed E-state index contributed by atoms with van der Waals surface area (Å²) in [6.07, 6.45) is 0. The third-order valence-corrected chi connectivity index (χ3v) is 4.76. The molecular weight excluding hydrogens is 416 g/mol. The number of amides is 2. The van der Waals surface area contributed by atoms with Gasteiger partial charge in [0.25, 0.3) is 11.8 Å². The summed E-state index contributed by atoms with van der Waals surface area (Å²) in [5.74, 6) is 0.723. The number of hydrogen-bond donors (Lipinski definition) is 4. The van der Waals surface area contributed by atoms with E-state index >= 15 is 0 Å². The lowest BCUT2D eigenvalue weighted by molar-refractivity contribution is 0.101. The van der Waals surface area contributed by atoms with Gasteiger partial charge in [0, 0.05) is 33.9 Å². The third-order valence-electron chi connectivity index (χ3n) is 4.76. The molecule has 0 unspecified atom stereocenters. The Morgan fingerprint density at radius 2 is 0.970 bits per heavy atom. The van der Waals surface area contributed by atoms with Crippen molar-refractivity contribution in [1.82, 2.24) is 0 Å². The summed E-state index contributed by atoms with van der Waals surface area (Å²) in [5, 5.41) is 5.64. The Labute approximate surface area is 191 Å². The second-order valence-electron chi connectivity index (χ2n) is 7.31. The van der Waals surface area contributed by atoms with E-state index in [2.05, 4.69) is 10.6 Å². The standard InChI is InChI=1S/C26H22N4O3/c27-19-5-1-3-17(15-19)25(31)29-21-7-11-23(12-8-21)33-24-13-9-22(10-14-24)30-26(32)18-4-2-6-20(28)16-18/h1-16H,27-28H2,(H,29,31)(H,30,32). The predicted octanol–water partition coefficient (Wildman–Crippen LogP) is 5.15. The van der Waals surface area contributed by atoms with Gasteiger partial charge in [0.1, 0.15) is 11.5 Å². The van der Waals surface area contributed by atoms with E-state index in [0.717, 1.165) is 0 Å². The monoisotopic (exact) mass is 438 g/mol. The van der Waals surface area contributed by atoms with E-state index in [0.29, 0.717) is 45.4 Å². The maximum atomic E-state index is 12.3. The molecule has 0 saturated heterocycles. The SMILES string of the molecule is Nc1cccc(C(=O)Nc2ccc(Oc3ccc(NC(=O)c4cccc(N)c4)cc3)cc2)c1. The summed E-state index contributed by atoms with van der Waals surface area (Å²) in [4.78, 5) is 24.6. The van der Waals surface area contributed by atoms with Crippen molar-refractivity contribution in [3.8, 4) is 11.5 Å². The summed E-state index contributed by atoms with van der Waals surface area (Å²) in [7, 11) is 0. The van der Waals surface area contributed by atoms with Gasteiger partial charge in [-0.2, -0.15) is 0 Å². The zero-order valence-corrected chi connectivity index (χ0v) is 17.6. The van der Waals surface area contributed by atoms with Crippen LogP contribution in [-0.4, -0.2) is 11.8 Å². The average molecular weight is 438 g/mol. The molecule has 0 saturated carbocycles. The van der Waals surface area contributed by atoms with Gasteiger partial charge in [-0.15, -0.1) is 0 Å². The zero-order valence-electron chi connectivity index (χ0n) is 17.6. The summed E-state index contributed by atoms with van der Waals surface area (Å²) in [5.41, 5.74) is 14.7. The quantitative estimate of drug-likeness (QED) is 0.311. The normalized spacial score (nSPS) is 10.3. The van der Waals surface area contributed by atoms with Crippen LogP contribution in [0.3, 0.4) is 0 Å². The Bertz CT molecular complexity index is 1180. The second-order valence-corrected chi connectivity index (χ2v) is 7.31. The molecule has 0 aliphatic carbocycles. The van der Waals surface area contributed by atoms with Crippen LogP contribution in [0.25, 0.3) is 0 Å². The molecule has 0 aliphatic heterocycles. The van der Waals surface area contributed by atoms with Crippen LogP contribution in [0.2, 0.25) is 0 Å². The summed E-state index contributed by atoms with van der Waals surface area (Å²) in [6, 6.07) is 27.6. The highest BCUT2D eigenvalue weighted by atomic mass is 16.5. The van der Waals surface area contributed by atoms with Gasteiger partial charge >= 0.3 is 0 Å². The molecule has 33 heavy (non-hydrogen) atoms. The van der Waals surface area contributed by atoms with Crippen molar-refractivity contribution in [2.24, 2.45) is 0 Å². The molecule has 164 valence electrons. The number of rotatable bonds is 6. The van der Waals surface area contributed by atoms with E-state index in [1.165, 1.54) is 0 Å². The predicted molar refractivity (Wildman–Crippen MR) is 131 cm³/mol. The Kier molecular flexibility index (Phi) is 6.22. The number of nitrogens with one attached hydrogen (secondary N) is 2. The molecule has 4 rings (SSSR count). The average Bonchev–Trinajstić information content (AvgIpc) is 2.81. The fraction of sp³-hybridized carbons (Fsp3) is 0. The number of carbonyl (C=O) groups is 2. The fourth-order valence-electron chi connectivity index (χ4n) is 3.12. The molecule has 0 heterocycles. The number of hydrogen-bond acceptors (Lipinski definition) is 5. The first-order chi connectivity index (χ1) is 16.0. The number of anilines is 4. The van der Waals surface area contributed by atoms with Crippen LogP contribution in [0.15, 0.2) is 97.1 Å². The first-order valence-electron chi connectivity index (χ1n) is 10.2. The molecule has 2 amide bonds. The summed E-state index contributed by atoms with van der Waals surface area (Å²) in [6.45, 7) is 0. The molecule has 6 N–H and O–H groups in total. The molecule has 4 aromatic carbocycles. The molecule has 0 radical (unpaired) electrons. The molecule has 7 heteroatoms. The lowest BCUT2D eigenvalue weighted by atomic mass is 10.2. The highest BCUT2D eigenvalue weighted by Crippen LogP contribution is 2.25. The van der Waals surface area contributed by atoms with Gasteiger partial charge in [-0.25, -0.2) is 0 Å². The number of nitrogen functional groups attached to an aromatic ring is 2. The number of benzene rings is 4. The molecule has 0 atom stereocenters. The van der Waals surface area contributed by atoms with Crippen LogP contribution in [0.5, 0.6) is 11.5 Å². The maximum Gasteiger partial charge on any atom is 0.255 e. The van der Waals surface area contributed by atoms with Crippen molar-refractivity contribution in [3.63, 3.8) is 0 Å². The van der Waals surface area contributed by atoms with Gasteiger partial charge in [-0.1, -0.05) is 12.1 Å². The molecular formula is C26H22N4O3. The minimum Gasteiger partial charge on any atom is -0.457 e. The van der Waals surface area contributed by atoms with Crippen LogP contribution in [-0.2, 0) is 0 Å². The Hall–Kier alpha value is -4.78. The molecule has 0 spiro atoms. The molecule has 7 nitrogen and oxygen atoms in total. The van der Waals surface area contributed by atoms with Gasteiger partial charge < -0.3 is 26.8 Å². The van der Waals surface area contributed by atoms with E-state index in [1.807, 2.05) is 0 Å². The molecule has 0 fully saturated rings. The van der Waals surface area contributed by atoms with Crippen molar-refractivity contribution in [2.45, 2.75) is 0 Å². The van der Waals surface area contributed by atoms with Crippen LogP contribution in [0, 0.1) is 0 Å². The van der Waals surface area contributed by atoms with Crippen LogP contribution in [0.4, 0.5) is 22.7 Å². The Balaban J connectivity index is 1.34. The van der Waals surface area contributed by atoms with Crippen molar-refractivity contribution in [1.29, 1.82) is 0 Å². The smallest absolute Gasteiger partial charge is 0.255 e. The van der Waals surface area contributed by atoms with Gasteiger partial charge in [0.2, 0.25) is 0 Å². The van der Waals surface area contributed by atoms with E-state index in [1.54, 1.807) is 97.1 Å².